The van der Waals surface area contributed by atoms with Gasteiger partial charge in [-0.3, -0.25) is 0 Å². The first kappa shape index (κ1) is 13.1. The molecular weight excluding hydrogens is 252 g/mol. The molecule has 1 aliphatic heterocycles. The van der Waals surface area contributed by atoms with Crippen molar-refractivity contribution < 1.29 is 0 Å². The van der Waals surface area contributed by atoms with Crippen LogP contribution >= 0.6 is 11.3 Å². The third kappa shape index (κ3) is 3.16. The lowest BCUT2D eigenvalue weighted by molar-refractivity contribution is 0.206. The van der Waals surface area contributed by atoms with Crippen LogP contribution in [-0.4, -0.2) is 31.6 Å². The third-order valence-electron chi connectivity index (χ3n) is 4.03. The SMILES string of the molecule is CN1CCCC(CNCc2csc3ccccc23)C1. The van der Waals surface area contributed by atoms with Gasteiger partial charge in [-0.25, -0.2) is 0 Å². The summed E-state index contributed by atoms with van der Waals surface area (Å²) in [6.07, 6.45) is 2.73. The van der Waals surface area contributed by atoms with Crippen LogP contribution in [0.5, 0.6) is 0 Å². The predicted octanol–water partition coefficient (Wildman–Crippen LogP) is 3.33. The highest BCUT2D eigenvalue weighted by molar-refractivity contribution is 7.17. The van der Waals surface area contributed by atoms with Crippen LogP contribution in [0.2, 0.25) is 0 Å². The molecule has 2 heterocycles. The fourth-order valence-electron chi connectivity index (χ4n) is 3.02. The van der Waals surface area contributed by atoms with E-state index in [2.05, 4.69) is 46.9 Å². The first-order valence-corrected chi connectivity index (χ1v) is 8.05. The van der Waals surface area contributed by atoms with Gasteiger partial charge in [0.15, 0.2) is 0 Å². The van der Waals surface area contributed by atoms with Crippen LogP contribution in [0.1, 0.15) is 18.4 Å². The molecule has 0 amide bonds. The van der Waals surface area contributed by atoms with Gasteiger partial charge in [-0.05, 0) is 61.3 Å². The first-order valence-electron chi connectivity index (χ1n) is 7.17. The van der Waals surface area contributed by atoms with Crippen molar-refractivity contribution in [3.05, 3.63) is 35.2 Å². The number of nitrogens with zero attached hydrogens (tertiary/aromatic N) is 1. The molecule has 0 aliphatic carbocycles. The van der Waals surface area contributed by atoms with Crippen molar-refractivity contribution in [1.29, 1.82) is 0 Å². The fraction of sp³-hybridized carbons (Fsp3) is 0.500. The van der Waals surface area contributed by atoms with E-state index in [-0.39, 0.29) is 0 Å². The minimum atomic E-state index is 0.823. The van der Waals surface area contributed by atoms with Gasteiger partial charge >= 0.3 is 0 Å². The summed E-state index contributed by atoms with van der Waals surface area (Å²) in [7, 11) is 2.23. The second-order valence-electron chi connectivity index (χ2n) is 5.66. The molecule has 2 aromatic rings. The summed E-state index contributed by atoms with van der Waals surface area (Å²) >= 11 is 1.85. The largest absolute Gasteiger partial charge is 0.312 e. The van der Waals surface area contributed by atoms with Gasteiger partial charge in [-0.1, -0.05) is 18.2 Å². The van der Waals surface area contributed by atoms with E-state index < -0.39 is 0 Å². The van der Waals surface area contributed by atoms with Gasteiger partial charge in [-0.2, -0.15) is 0 Å². The standard InChI is InChI=1S/C16H22N2S/c1-18-8-4-5-13(11-18)9-17-10-14-12-19-16-7-3-2-6-15(14)16/h2-3,6-7,12-13,17H,4-5,8-11H2,1H3. The van der Waals surface area contributed by atoms with E-state index in [0.29, 0.717) is 0 Å². The van der Waals surface area contributed by atoms with E-state index in [1.165, 1.54) is 41.6 Å². The van der Waals surface area contributed by atoms with E-state index in [4.69, 9.17) is 0 Å². The number of hydrogen-bond donors (Lipinski definition) is 1. The molecule has 1 unspecified atom stereocenters. The predicted molar refractivity (Wildman–Crippen MR) is 83.8 cm³/mol. The summed E-state index contributed by atoms with van der Waals surface area (Å²) < 4.78 is 1.40. The number of rotatable bonds is 4. The van der Waals surface area contributed by atoms with Crippen molar-refractivity contribution in [2.45, 2.75) is 19.4 Å². The number of likely N-dealkylation sites (tertiary alicyclic amines) is 1. The van der Waals surface area contributed by atoms with Gasteiger partial charge < -0.3 is 10.2 Å². The minimum Gasteiger partial charge on any atom is -0.312 e. The van der Waals surface area contributed by atoms with Gasteiger partial charge in [0.25, 0.3) is 0 Å². The lowest BCUT2D eigenvalue weighted by Gasteiger charge is -2.29. The third-order valence-corrected chi connectivity index (χ3v) is 5.04. The van der Waals surface area contributed by atoms with E-state index in [9.17, 15) is 0 Å². The van der Waals surface area contributed by atoms with E-state index in [1.54, 1.807) is 0 Å². The van der Waals surface area contributed by atoms with Gasteiger partial charge in [0.1, 0.15) is 0 Å². The van der Waals surface area contributed by atoms with Crippen LogP contribution in [0.3, 0.4) is 0 Å². The number of fused-ring (bicyclic) bond motifs is 1. The zero-order chi connectivity index (χ0) is 13.1. The van der Waals surface area contributed by atoms with Crippen molar-refractivity contribution in [3.8, 4) is 0 Å². The maximum Gasteiger partial charge on any atom is 0.0346 e. The fourth-order valence-corrected chi connectivity index (χ4v) is 3.98. The maximum atomic E-state index is 3.65. The zero-order valence-corrected chi connectivity index (χ0v) is 12.4. The number of hydrogen-bond acceptors (Lipinski definition) is 3. The number of piperidine rings is 1. The van der Waals surface area contributed by atoms with Crippen LogP contribution in [0.25, 0.3) is 10.1 Å². The van der Waals surface area contributed by atoms with Crippen LogP contribution < -0.4 is 5.32 Å². The highest BCUT2D eigenvalue weighted by atomic mass is 32.1. The Morgan fingerprint density at radius 1 is 1.37 bits per heavy atom. The maximum absolute atomic E-state index is 3.65. The smallest absolute Gasteiger partial charge is 0.0346 e. The number of nitrogens with one attached hydrogen (secondary N) is 1. The summed E-state index contributed by atoms with van der Waals surface area (Å²) in [4.78, 5) is 2.45. The van der Waals surface area contributed by atoms with E-state index in [0.717, 1.165) is 19.0 Å². The Bertz CT molecular complexity index is 534. The van der Waals surface area contributed by atoms with Gasteiger partial charge in [0, 0.05) is 17.8 Å². The van der Waals surface area contributed by atoms with Crippen LogP contribution in [0, 0.1) is 5.92 Å². The Hall–Kier alpha value is -0.900. The number of benzene rings is 1. The lowest BCUT2D eigenvalue weighted by Crippen LogP contribution is -2.37. The second kappa shape index (κ2) is 6.04. The van der Waals surface area contributed by atoms with Crippen LogP contribution in [0.4, 0.5) is 0 Å². The molecule has 19 heavy (non-hydrogen) atoms. The average molecular weight is 274 g/mol. The molecule has 1 N–H and O–H groups in total. The Balaban J connectivity index is 1.55. The van der Waals surface area contributed by atoms with Gasteiger partial charge in [0.05, 0.1) is 0 Å². The molecule has 1 atom stereocenters. The zero-order valence-electron chi connectivity index (χ0n) is 11.6. The lowest BCUT2D eigenvalue weighted by atomic mass is 9.98. The van der Waals surface area contributed by atoms with Crippen molar-refractivity contribution in [3.63, 3.8) is 0 Å². The van der Waals surface area contributed by atoms with Crippen molar-refractivity contribution in [1.82, 2.24) is 10.2 Å². The Morgan fingerprint density at radius 2 is 2.26 bits per heavy atom. The molecule has 1 aromatic heterocycles. The summed E-state index contributed by atoms with van der Waals surface area (Å²) in [5, 5.41) is 7.36. The average Bonchev–Trinajstić information content (AvgIpc) is 2.83. The topological polar surface area (TPSA) is 15.3 Å². The molecule has 2 nitrogen and oxygen atoms in total. The van der Waals surface area contributed by atoms with Crippen LogP contribution in [0.15, 0.2) is 29.6 Å². The molecule has 0 bridgehead atoms. The van der Waals surface area contributed by atoms with E-state index in [1.807, 2.05) is 11.3 Å². The molecule has 102 valence electrons. The Morgan fingerprint density at radius 3 is 3.16 bits per heavy atom. The van der Waals surface area contributed by atoms with Gasteiger partial charge in [-0.15, -0.1) is 11.3 Å². The molecule has 1 saturated heterocycles. The quantitative estimate of drug-likeness (QED) is 0.920. The summed E-state index contributed by atoms with van der Waals surface area (Å²) in [5.41, 5.74) is 1.45. The molecular formula is C16H22N2S. The highest BCUT2D eigenvalue weighted by Gasteiger charge is 2.16. The summed E-state index contributed by atoms with van der Waals surface area (Å²) in [6.45, 7) is 4.67. The molecule has 0 saturated carbocycles. The van der Waals surface area contributed by atoms with E-state index >= 15 is 0 Å². The Kier molecular flexibility index (Phi) is 4.16. The van der Waals surface area contributed by atoms with Crippen LogP contribution in [-0.2, 0) is 6.54 Å². The molecule has 0 radical (unpaired) electrons. The van der Waals surface area contributed by atoms with Gasteiger partial charge in [0.2, 0.25) is 0 Å². The molecule has 1 aliphatic rings. The monoisotopic (exact) mass is 274 g/mol. The van der Waals surface area contributed by atoms with Crippen molar-refractivity contribution in [2.75, 3.05) is 26.7 Å². The molecule has 0 spiro atoms. The normalized spacial score (nSPS) is 21.0. The molecule has 3 rings (SSSR count). The summed E-state index contributed by atoms with van der Waals surface area (Å²) in [5.74, 6) is 0.823. The van der Waals surface area contributed by atoms with Crippen molar-refractivity contribution >= 4 is 21.4 Å². The highest BCUT2D eigenvalue weighted by Crippen LogP contribution is 2.25. The molecule has 1 fully saturated rings. The number of thiophene rings is 1. The summed E-state index contributed by atoms with van der Waals surface area (Å²) in [6, 6.07) is 8.69. The molecule has 1 aromatic carbocycles. The second-order valence-corrected chi connectivity index (χ2v) is 6.57. The first-order chi connectivity index (χ1) is 9.33. The molecule has 3 heteroatoms. The Labute approximate surface area is 119 Å². The van der Waals surface area contributed by atoms with Crippen molar-refractivity contribution in [2.24, 2.45) is 5.92 Å². The minimum absolute atomic E-state index is 0.823.